The monoisotopic (exact) mass is 451 g/mol. The zero-order chi connectivity index (χ0) is 24.2. The van der Waals surface area contributed by atoms with Crippen LogP contribution >= 0.6 is 0 Å². The van der Waals surface area contributed by atoms with Gasteiger partial charge in [0.25, 0.3) is 0 Å². The van der Waals surface area contributed by atoms with Gasteiger partial charge in [-0.2, -0.15) is 0 Å². The van der Waals surface area contributed by atoms with Gasteiger partial charge in [-0.1, -0.05) is 36.4 Å². The van der Waals surface area contributed by atoms with Crippen molar-refractivity contribution in [3.63, 3.8) is 0 Å². The summed E-state index contributed by atoms with van der Waals surface area (Å²) in [6.07, 6.45) is 2.10. The molecule has 0 spiro atoms. The third kappa shape index (κ3) is 6.67. The summed E-state index contributed by atoms with van der Waals surface area (Å²) in [5.41, 5.74) is 2.31. The number of carbonyl (C=O) groups is 3. The van der Waals surface area contributed by atoms with E-state index >= 15 is 0 Å². The molecule has 2 aromatic rings. The number of ether oxygens (including phenoxy) is 1. The Bertz CT molecular complexity index is 1010. The van der Waals surface area contributed by atoms with Crippen molar-refractivity contribution in [1.29, 1.82) is 0 Å². The SMILES string of the molecule is CC(=O)[C@H](Cc1ccccc1)N(CC(=O)OC(C)(C)C)C(=O)CC1CCc2cc(O)ccc21. The van der Waals surface area contributed by atoms with Gasteiger partial charge in [0.05, 0.1) is 6.04 Å². The van der Waals surface area contributed by atoms with Crippen LogP contribution in [0.2, 0.25) is 0 Å². The van der Waals surface area contributed by atoms with E-state index < -0.39 is 17.6 Å². The number of amides is 1. The normalized spacial score (nSPS) is 16.1. The largest absolute Gasteiger partial charge is 0.508 e. The highest BCUT2D eigenvalue weighted by Crippen LogP contribution is 2.37. The number of carbonyl (C=O) groups excluding carboxylic acids is 3. The molecule has 0 fully saturated rings. The van der Waals surface area contributed by atoms with Crippen molar-refractivity contribution >= 4 is 17.7 Å². The van der Waals surface area contributed by atoms with Gasteiger partial charge in [0, 0.05) is 6.42 Å². The summed E-state index contributed by atoms with van der Waals surface area (Å²) in [6, 6.07) is 14.0. The molecule has 0 saturated carbocycles. The molecule has 0 radical (unpaired) electrons. The van der Waals surface area contributed by atoms with Crippen molar-refractivity contribution in [2.24, 2.45) is 0 Å². The van der Waals surface area contributed by atoms with E-state index in [9.17, 15) is 19.5 Å². The van der Waals surface area contributed by atoms with Crippen LogP contribution in [-0.4, -0.2) is 45.9 Å². The molecule has 0 saturated heterocycles. The van der Waals surface area contributed by atoms with Gasteiger partial charge in [-0.15, -0.1) is 0 Å². The van der Waals surface area contributed by atoms with Gasteiger partial charge in [-0.25, -0.2) is 0 Å². The Labute approximate surface area is 195 Å². The molecule has 3 rings (SSSR count). The topological polar surface area (TPSA) is 83.9 Å². The lowest BCUT2D eigenvalue weighted by Gasteiger charge is -2.32. The molecule has 2 atom stereocenters. The maximum Gasteiger partial charge on any atom is 0.326 e. The molecule has 33 heavy (non-hydrogen) atoms. The van der Waals surface area contributed by atoms with Gasteiger partial charge in [-0.05, 0) is 81.7 Å². The van der Waals surface area contributed by atoms with Gasteiger partial charge < -0.3 is 14.7 Å². The average Bonchev–Trinajstić information content (AvgIpc) is 3.11. The number of fused-ring (bicyclic) bond motifs is 1. The molecule has 2 aromatic carbocycles. The zero-order valence-electron chi connectivity index (χ0n) is 19.8. The quantitative estimate of drug-likeness (QED) is 0.609. The molecular formula is C27H33NO5. The van der Waals surface area contributed by atoms with E-state index in [1.807, 2.05) is 36.4 Å². The fourth-order valence-corrected chi connectivity index (χ4v) is 4.43. The second-order valence-electron chi connectivity index (χ2n) is 9.75. The number of aryl methyl sites for hydroxylation is 1. The number of aromatic hydroxyl groups is 1. The third-order valence-electron chi connectivity index (χ3n) is 5.91. The van der Waals surface area contributed by atoms with Crippen LogP contribution in [0.1, 0.15) is 63.1 Å². The summed E-state index contributed by atoms with van der Waals surface area (Å²) in [5.74, 6) is -0.757. The highest BCUT2D eigenvalue weighted by atomic mass is 16.6. The van der Waals surface area contributed by atoms with E-state index in [1.54, 1.807) is 32.9 Å². The second-order valence-corrected chi connectivity index (χ2v) is 9.75. The van der Waals surface area contributed by atoms with E-state index in [-0.39, 0.29) is 36.3 Å². The molecule has 1 aliphatic rings. The first-order chi connectivity index (χ1) is 15.5. The number of hydrogen-bond donors (Lipinski definition) is 1. The van der Waals surface area contributed by atoms with Crippen LogP contribution in [0.5, 0.6) is 5.75 Å². The molecular weight excluding hydrogens is 418 g/mol. The number of esters is 1. The summed E-state index contributed by atoms with van der Waals surface area (Å²) in [7, 11) is 0. The van der Waals surface area contributed by atoms with E-state index in [1.165, 1.54) is 11.8 Å². The number of Topliss-reactive ketones (excluding diaryl/α,β-unsaturated/α-hetero) is 1. The number of ketones is 1. The van der Waals surface area contributed by atoms with Crippen molar-refractivity contribution in [3.8, 4) is 5.75 Å². The molecule has 1 amide bonds. The molecule has 0 aromatic heterocycles. The minimum atomic E-state index is -0.756. The smallest absolute Gasteiger partial charge is 0.326 e. The van der Waals surface area contributed by atoms with Gasteiger partial charge in [-0.3, -0.25) is 14.4 Å². The predicted octanol–water partition coefficient (Wildman–Crippen LogP) is 4.18. The summed E-state index contributed by atoms with van der Waals surface area (Å²) < 4.78 is 5.47. The molecule has 0 bridgehead atoms. The molecule has 0 aliphatic heterocycles. The Balaban J connectivity index is 1.84. The first kappa shape index (κ1) is 24.5. The van der Waals surface area contributed by atoms with Crippen molar-refractivity contribution in [2.45, 2.75) is 70.9 Å². The lowest BCUT2D eigenvalue weighted by atomic mass is 9.95. The predicted molar refractivity (Wildman–Crippen MR) is 126 cm³/mol. The highest BCUT2D eigenvalue weighted by molar-refractivity contribution is 5.90. The zero-order valence-corrected chi connectivity index (χ0v) is 19.8. The Hall–Kier alpha value is -3.15. The second kappa shape index (κ2) is 10.2. The minimum Gasteiger partial charge on any atom is -0.508 e. The van der Waals surface area contributed by atoms with Crippen LogP contribution in [0.15, 0.2) is 48.5 Å². The fourth-order valence-electron chi connectivity index (χ4n) is 4.43. The number of benzene rings is 2. The van der Waals surface area contributed by atoms with Crippen molar-refractivity contribution in [1.82, 2.24) is 4.90 Å². The fraction of sp³-hybridized carbons (Fsp3) is 0.444. The first-order valence-corrected chi connectivity index (χ1v) is 11.4. The van der Waals surface area contributed by atoms with Crippen LogP contribution in [0.4, 0.5) is 0 Å². The molecule has 1 N–H and O–H groups in total. The van der Waals surface area contributed by atoms with Gasteiger partial charge in [0.2, 0.25) is 5.91 Å². The Kier molecular flexibility index (Phi) is 7.57. The van der Waals surface area contributed by atoms with Crippen LogP contribution in [0.25, 0.3) is 0 Å². The van der Waals surface area contributed by atoms with Gasteiger partial charge in [0.15, 0.2) is 5.78 Å². The van der Waals surface area contributed by atoms with Crippen LogP contribution in [0.3, 0.4) is 0 Å². The number of phenols is 1. The standard InChI is InChI=1S/C27H33NO5/c1-18(29)24(14-19-8-6-5-7-9-19)28(17-26(32)33-27(2,3)4)25(31)16-21-11-10-20-15-22(30)12-13-23(20)21/h5-9,12-13,15,21,24,30H,10-11,14,16-17H2,1-4H3/t21?,24-/m0/s1. The molecule has 1 unspecified atom stereocenters. The molecule has 6 nitrogen and oxygen atoms in total. The van der Waals surface area contributed by atoms with E-state index in [0.29, 0.717) is 6.42 Å². The summed E-state index contributed by atoms with van der Waals surface area (Å²) >= 11 is 0. The maximum atomic E-state index is 13.5. The molecule has 0 heterocycles. The summed E-state index contributed by atoms with van der Waals surface area (Å²) in [5, 5.41) is 9.75. The summed E-state index contributed by atoms with van der Waals surface area (Å²) in [6.45, 7) is 6.50. The highest BCUT2D eigenvalue weighted by Gasteiger charge is 2.34. The van der Waals surface area contributed by atoms with Crippen molar-refractivity contribution in [3.05, 3.63) is 65.2 Å². The minimum absolute atomic E-state index is 0.0152. The van der Waals surface area contributed by atoms with Crippen LogP contribution < -0.4 is 0 Å². The summed E-state index contributed by atoms with van der Waals surface area (Å²) in [4.78, 5) is 40.3. The first-order valence-electron chi connectivity index (χ1n) is 11.4. The molecule has 176 valence electrons. The number of nitrogens with zero attached hydrogens (tertiary/aromatic N) is 1. The molecule has 1 aliphatic carbocycles. The van der Waals surface area contributed by atoms with E-state index in [4.69, 9.17) is 4.74 Å². The Morgan fingerprint density at radius 2 is 1.82 bits per heavy atom. The van der Waals surface area contributed by atoms with Crippen LogP contribution in [-0.2, 0) is 32.0 Å². The van der Waals surface area contributed by atoms with Gasteiger partial charge >= 0.3 is 5.97 Å². The number of hydrogen-bond acceptors (Lipinski definition) is 5. The lowest BCUT2D eigenvalue weighted by Crippen LogP contribution is -2.49. The maximum absolute atomic E-state index is 13.5. The van der Waals surface area contributed by atoms with Gasteiger partial charge in [0.1, 0.15) is 17.9 Å². The van der Waals surface area contributed by atoms with Crippen molar-refractivity contribution < 1.29 is 24.2 Å². The van der Waals surface area contributed by atoms with E-state index in [0.717, 1.165) is 29.5 Å². The average molecular weight is 452 g/mol. The van der Waals surface area contributed by atoms with Crippen LogP contribution in [0, 0.1) is 0 Å². The number of phenolic OH excluding ortho intramolecular Hbond substituents is 1. The lowest BCUT2D eigenvalue weighted by molar-refractivity contribution is -0.160. The third-order valence-corrected chi connectivity index (χ3v) is 5.91. The van der Waals surface area contributed by atoms with E-state index in [2.05, 4.69) is 0 Å². The van der Waals surface area contributed by atoms with Crippen molar-refractivity contribution in [2.75, 3.05) is 6.54 Å². The number of rotatable bonds is 8. The Morgan fingerprint density at radius 3 is 2.45 bits per heavy atom. The molecule has 6 heteroatoms. The Morgan fingerprint density at radius 1 is 1.12 bits per heavy atom.